The molecule has 0 saturated heterocycles. The summed E-state index contributed by atoms with van der Waals surface area (Å²) in [6.45, 7) is 0. The topological polar surface area (TPSA) is 42.7 Å². The minimum Gasteiger partial charge on any atom is -0.324 e. The lowest BCUT2D eigenvalue weighted by Gasteiger charge is -2.24. The van der Waals surface area contributed by atoms with Gasteiger partial charge in [-0.25, -0.2) is 9.07 Å². The molecule has 7 heteroatoms. The molecule has 0 aliphatic carbocycles. The molecule has 1 aliphatic rings. The van der Waals surface area contributed by atoms with Crippen molar-refractivity contribution in [2.24, 2.45) is 0 Å². The Labute approximate surface area is 154 Å². The van der Waals surface area contributed by atoms with Crippen LogP contribution in [0.1, 0.15) is 17.2 Å². The minimum atomic E-state index is -0.288. The van der Waals surface area contributed by atoms with Crippen molar-refractivity contribution in [2.45, 2.75) is 6.04 Å². The van der Waals surface area contributed by atoms with Crippen LogP contribution in [-0.4, -0.2) is 14.8 Å². The second-order valence-corrected chi connectivity index (χ2v) is 7.13. The van der Waals surface area contributed by atoms with E-state index >= 15 is 0 Å². The standard InChI is InChI=1S/C17H11Br2FN4/c18-12-4-1-10(2-5-12)15-8-16(24-17(23-15)21-9-22-24)11-3-6-14(20)13(19)7-11/h1-9,16H,(H,21,22,23)/t16-/m0/s1. The van der Waals surface area contributed by atoms with Gasteiger partial charge < -0.3 is 5.32 Å². The molecule has 4 rings (SSSR count). The highest BCUT2D eigenvalue weighted by atomic mass is 79.9. The number of hydrogen-bond donors (Lipinski definition) is 1. The number of nitrogens with one attached hydrogen (secondary N) is 1. The smallest absolute Gasteiger partial charge is 0.226 e. The third-order valence-electron chi connectivity index (χ3n) is 3.85. The second kappa shape index (κ2) is 6.14. The summed E-state index contributed by atoms with van der Waals surface area (Å²) in [4.78, 5) is 4.27. The Hall–Kier alpha value is -1.99. The van der Waals surface area contributed by atoms with Gasteiger partial charge >= 0.3 is 0 Å². The predicted octanol–water partition coefficient (Wildman–Crippen LogP) is 5.00. The summed E-state index contributed by atoms with van der Waals surface area (Å²) >= 11 is 6.69. The van der Waals surface area contributed by atoms with Crippen molar-refractivity contribution in [3.63, 3.8) is 0 Å². The number of allylic oxidation sites excluding steroid dienone is 1. The SMILES string of the molecule is Fc1ccc([C@@H]2C=C(c3ccc(Br)cc3)Nc3ncnn32)cc1Br. The van der Waals surface area contributed by atoms with Gasteiger partial charge in [0.25, 0.3) is 0 Å². The number of anilines is 1. The fourth-order valence-corrected chi connectivity index (χ4v) is 3.33. The van der Waals surface area contributed by atoms with E-state index in [2.05, 4.69) is 53.3 Å². The highest BCUT2D eigenvalue weighted by molar-refractivity contribution is 9.10. The summed E-state index contributed by atoms with van der Waals surface area (Å²) in [6, 6.07) is 12.8. The molecular formula is C17H11Br2FN4. The number of benzene rings is 2. The predicted molar refractivity (Wildman–Crippen MR) is 98.0 cm³/mol. The van der Waals surface area contributed by atoms with Gasteiger partial charge in [-0.15, -0.1) is 0 Å². The zero-order valence-electron chi connectivity index (χ0n) is 12.2. The van der Waals surface area contributed by atoms with Gasteiger partial charge in [-0.05, 0) is 57.4 Å². The van der Waals surface area contributed by atoms with E-state index in [1.807, 2.05) is 24.3 Å². The Balaban J connectivity index is 1.81. The van der Waals surface area contributed by atoms with Crippen LogP contribution in [0.5, 0.6) is 0 Å². The highest BCUT2D eigenvalue weighted by Crippen LogP contribution is 2.33. The van der Waals surface area contributed by atoms with Crippen molar-refractivity contribution in [3.05, 3.63) is 80.8 Å². The van der Waals surface area contributed by atoms with E-state index < -0.39 is 0 Å². The van der Waals surface area contributed by atoms with E-state index in [4.69, 9.17) is 0 Å². The number of rotatable bonds is 2. The highest BCUT2D eigenvalue weighted by Gasteiger charge is 2.23. The Morgan fingerprint density at radius 3 is 2.62 bits per heavy atom. The van der Waals surface area contributed by atoms with Crippen LogP contribution in [-0.2, 0) is 0 Å². The fourth-order valence-electron chi connectivity index (χ4n) is 2.67. The zero-order chi connectivity index (χ0) is 16.7. The largest absolute Gasteiger partial charge is 0.324 e. The third-order valence-corrected chi connectivity index (χ3v) is 4.98. The van der Waals surface area contributed by atoms with Crippen LogP contribution in [0.2, 0.25) is 0 Å². The van der Waals surface area contributed by atoms with Crippen molar-refractivity contribution in [2.75, 3.05) is 5.32 Å². The van der Waals surface area contributed by atoms with Crippen LogP contribution in [0, 0.1) is 5.82 Å². The summed E-state index contributed by atoms with van der Waals surface area (Å²) in [5.74, 6) is 0.365. The average molecular weight is 450 g/mol. The number of halogens is 3. The molecule has 3 aromatic rings. The molecule has 24 heavy (non-hydrogen) atoms. The summed E-state index contributed by atoms with van der Waals surface area (Å²) in [5, 5.41) is 7.58. The Kier molecular flexibility index (Phi) is 3.97. The number of aromatic nitrogens is 3. The number of fused-ring (bicyclic) bond motifs is 1. The summed E-state index contributed by atoms with van der Waals surface area (Å²) in [6.07, 6.45) is 3.57. The first-order valence-corrected chi connectivity index (χ1v) is 8.79. The third kappa shape index (κ3) is 2.78. The lowest BCUT2D eigenvalue weighted by atomic mass is 10.0. The average Bonchev–Trinajstić information content (AvgIpc) is 3.06. The lowest BCUT2D eigenvalue weighted by Crippen LogP contribution is -2.20. The first-order valence-electron chi connectivity index (χ1n) is 7.21. The lowest BCUT2D eigenvalue weighted by molar-refractivity contribution is 0.599. The maximum Gasteiger partial charge on any atom is 0.226 e. The second-order valence-electron chi connectivity index (χ2n) is 5.36. The summed E-state index contributed by atoms with van der Waals surface area (Å²) < 4.78 is 16.8. The van der Waals surface area contributed by atoms with Gasteiger partial charge in [0.1, 0.15) is 18.2 Å². The Morgan fingerprint density at radius 2 is 1.88 bits per heavy atom. The van der Waals surface area contributed by atoms with Crippen LogP contribution in [0.4, 0.5) is 10.3 Å². The Morgan fingerprint density at radius 1 is 1.08 bits per heavy atom. The summed E-state index contributed by atoms with van der Waals surface area (Å²) in [5.41, 5.74) is 2.90. The van der Waals surface area contributed by atoms with Gasteiger partial charge in [0.15, 0.2) is 0 Å². The van der Waals surface area contributed by atoms with E-state index in [9.17, 15) is 4.39 Å². The van der Waals surface area contributed by atoms with Gasteiger partial charge in [0.05, 0.1) is 4.47 Å². The molecule has 0 amide bonds. The van der Waals surface area contributed by atoms with Crippen LogP contribution >= 0.6 is 31.9 Å². The van der Waals surface area contributed by atoms with E-state index in [0.717, 1.165) is 21.3 Å². The van der Waals surface area contributed by atoms with E-state index in [-0.39, 0.29) is 11.9 Å². The van der Waals surface area contributed by atoms with Gasteiger partial charge in [-0.2, -0.15) is 10.1 Å². The molecule has 120 valence electrons. The maximum atomic E-state index is 13.6. The van der Waals surface area contributed by atoms with E-state index in [0.29, 0.717) is 10.4 Å². The van der Waals surface area contributed by atoms with E-state index in [1.54, 1.807) is 16.8 Å². The molecule has 1 N–H and O–H groups in total. The molecule has 0 fully saturated rings. The molecule has 1 atom stereocenters. The fraction of sp³-hybridized carbons (Fsp3) is 0.0588. The molecule has 1 aromatic heterocycles. The van der Waals surface area contributed by atoms with Gasteiger partial charge in [-0.3, -0.25) is 0 Å². The molecular weight excluding hydrogens is 439 g/mol. The van der Waals surface area contributed by atoms with Crippen molar-refractivity contribution in [3.8, 4) is 0 Å². The number of nitrogens with zero attached hydrogens (tertiary/aromatic N) is 3. The molecule has 2 aromatic carbocycles. The molecule has 0 spiro atoms. The van der Waals surface area contributed by atoms with Crippen molar-refractivity contribution >= 4 is 43.5 Å². The van der Waals surface area contributed by atoms with Crippen molar-refractivity contribution < 1.29 is 4.39 Å². The molecule has 0 unspecified atom stereocenters. The first kappa shape index (κ1) is 15.5. The van der Waals surface area contributed by atoms with E-state index in [1.165, 1.54) is 12.4 Å². The maximum absolute atomic E-state index is 13.6. The normalized spacial score (nSPS) is 16.3. The van der Waals surface area contributed by atoms with Crippen LogP contribution in [0.3, 0.4) is 0 Å². The van der Waals surface area contributed by atoms with Crippen molar-refractivity contribution in [1.29, 1.82) is 0 Å². The van der Waals surface area contributed by atoms with Gasteiger partial charge in [-0.1, -0.05) is 34.1 Å². The van der Waals surface area contributed by atoms with Crippen LogP contribution in [0.25, 0.3) is 5.70 Å². The molecule has 1 aliphatic heterocycles. The molecule has 2 heterocycles. The van der Waals surface area contributed by atoms with Crippen LogP contribution < -0.4 is 5.32 Å². The first-order chi connectivity index (χ1) is 11.6. The van der Waals surface area contributed by atoms with Crippen molar-refractivity contribution in [1.82, 2.24) is 14.8 Å². The van der Waals surface area contributed by atoms with Gasteiger partial charge in [0.2, 0.25) is 5.95 Å². The zero-order valence-corrected chi connectivity index (χ0v) is 15.4. The molecule has 4 nitrogen and oxygen atoms in total. The molecule has 0 saturated carbocycles. The molecule has 0 radical (unpaired) electrons. The number of hydrogen-bond acceptors (Lipinski definition) is 3. The van der Waals surface area contributed by atoms with Crippen LogP contribution in [0.15, 0.2) is 63.8 Å². The Bertz CT molecular complexity index is 934. The monoisotopic (exact) mass is 448 g/mol. The van der Waals surface area contributed by atoms with Gasteiger partial charge in [0, 0.05) is 10.2 Å². The quantitative estimate of drug-likeness (QED) is 0.598. The minimum absolute atomic E-state index is 0.167. The summed E-state index contributed by atoms with van der Waals surface area (Å²) in [7, 11) is 0. The molecule has 0 bridgehead atoms.